The summed E-state index contributed by atoms with van der Waals surface area (Å²) >= 11 is 0. The largest absolute Gasteiger partial charge is 0.341 e. The minimum absolute atomic E-state index is 0.258. The number of H-pyrrole nitrogens is 1. The number of allylic oxidation sites excluding steroid dienone is 1. The molecule has 0 fully saturated rings. The predicted molar refractivity (Wildman–Crippen MR) is 81.1 cm³/mol. The Labute approximate surface area is 122 Å². The zero-order chi connectivity index (χ0) is 14.7. The van der Waals surface area contributed by atoms with Crippen LogP contribution in [-0.2, 0) is 6.42 Å². The Morgan fingerprint density at radius 3 is 2.43 bits per heavy atom. The molecule has 3 aromatic rings. The van der Waals surface area contributed by atoms with Gasteiger partial charge in [0.25, 0.3) is 0 Å². The molecular weight excluding hydrogens is 265 g/mol. The zero-order valence-electron chi connectivity index (χ0n) is 11.4. The van der Waals surface area contributed by atoms with Crippen LogP contribution in [0.25, 0.3) is 22.5 Å². The molecule has 0 saturated carbocycles. The highest BCUT2D eigenvalue weighted by atomic mass is 19.1. The lowest BCUT2D eigenvalue weighted by molar-refractivity contribution is 0.628. The van der Waals surface area contributed by atoms with E-state index in [2.05, 4.69) is 21.5 Å². The van der Waals surface area contributed by atoms with Crippen molar-refractivity contribution >= 4 is 0 Å². The van der Waals surface area contributed by atoms with Gasteiger partial charge in [-0.25, -0.2) is 9.37 Å². The van der Waals surface area contributed by atoms with E-state index in [0.717, 1.165) is 28.3 Å². The Kier molecular flexibility index (Phi) is 3.60. The maximum atomic E-state index is 13.1. The Balaban J connectivity index is 2.14. The van der Waals surface area contributed by atoms with E-state index >= 15 is 0 Å². The van der Waals surface area contributed by atoms with Gasteiger partial charge < -0.3 is 4.98 Å². The third-order valence-electron chi connectivity index (χ3n) is 3.18. The number of rotatable bonds is 4. The molecule has 0 aliphatic rings. The fourth-order valence-electron chi connectivity index (χ4n) is 2.20. The SMILES string of the molecule is C=CCc1nc(-c2ccc(F)cc2)c(-c2ccncc2)[nH]1. The molecule has 1 aromatic carbocycles. The van der Waals surface area contributed by atoms with Crippen LogP contribution in [0.2, 0.25) is 0 Å². The van der Waals surface area contributed by atoms with E-state index in [1.165, 1.54) is 12.1 Å². The van der Waals surface area contributed by atoms with Crippen LogP contribution in [-0.4, -0.2) is 15.0 Å². The van der Waals surface area contributed by atoms with E-state index in [0.29, 0.717) is 6.42 Å². The van der Waals surface area contributed by atoms with Crippen LogP contribution in [0.15, 0.2) is 61.4 Å². The molecule has 0 spiro atoms. The molecule has 2 aromatic heterocycles. The average molecular weight is 279 g/mol. The van der Waals surface area contributed by atoms with Crippen molar-refractivity contribution in [3.63, 3.8) is 0 Å². The summed E-state index contributed by atoms with van der Waals surface area (Å²) in [6, 6.07) is 10.2. The van der Waals surface area contributed by atoms with Crippen molar-refractivity contribution in [1.82, 2.24) is 15.0 Å². The molecule has 0 aliphatic carbocycles. The van der Waals surface area contributed by atoms with Gasteiger partial charge in [0, 0.05) is 29.9 Å². The molecule has 21 heavy (non-hydrogen) atoms. The van der Waals surface area contributed by atoms with Crippen LogP contribution < -0.4 is 0 Å². The first-order valence-electron chi connectivity index (χ1n) is 6.64. The lowest BCUT2D eigenvalue weighted by Crippen LogP contribution is -1.84. The maximum absolute atomic E-state index is 13.1. The quantitative estimate of drug-likeness (QED) is 0.733. The number of imidazole rings is 1. The lowest BCUT2D eigenvalue weighted by Gasteiger charge is -2.02. The van der Waals surface area contributed by atoms with Gasteiger partial charge in [-0.2, -0.15) is 0 Å². The van der Waals surface area contributed by atoms with Gasteiger partial charge in [-0.15, -0.1) is 6.58 Å². The molecule has 104 valence electrons. The van der Waals surface area contributed by atoms with Crippen LogP contribution in [0.3, 0.4) is 0 Å². The lowest BCUT2D eigenvalue weighted by atomic mass is 10.1. The van der Waals surface area contributed by atoms with Gasteiger partial charge in [-0.1, -0.05) is 6.08 Å². The third kappa shape index (κ3) is 2.74. The minimum atomic E-state index is -0.258. The number of halogens is 1. The summed E-state index contributed by atoms with van der Waals surface area (Å²) in [7, 11) is 0. The minimum Gasteiger partial charge on any atom is -0.341 e. The van der Waals surface area contributed by atoms with Crippen molar-refractivity contribution in [1.29, 1.82) is 0 Å². The second kappa shape index (κ2) is 5.71. The summed E-state index contributed by atoms with van der Waals surface area (Å²) in [5.41, 5.74) is 3.57. The fraction of sp³-hybridized carbons (Fsp3) is 0.0588. The van der Waals surface area contributed by atoms with Gasteiger partial charge >= 0.3 is 0 Å². The molecule has 2 heterocycles. The number of nitrogens with zero attached hydrogens (tertiary/aromatic N) is 2. The van der Waals surface area contributed by atoms with E-state index < -0.39 is 0 Å². The van der Waals surface area contributed by atoms with Crippen molar-refractivity contribution in [2.24, 2.45) is 0 Å². The molecule has 4 heteroatoms. The second-order valence-electron chi connectivity index (χ2n) is 4.64. The monoisotopic (exact) mass is 279 g/mol. The zero-order valence-corrected chi connectivity index (χ0v) is 11.4. The fourth-order valence-corrected chi connectivity index (χ4v) is 2.20. The molecule has 0 atom stereocenters. The normalized spacial score (nSPS) is 10.5. The molecule has 0 saturated heterocycles. The van der Waals surface area contributed by atoms with Gasteiger partial charge in [-0.05, 0) is 36.4 Å². The van der Waals surface area contributed by atoms with E-state index in [-0.39, 0.29) is 5.82 Å². The van der Waals surface area contributed by atoms with E-state index in [4.69, 9.17) is 0 Å². The number of nitrogens with one attached hydrogen (secondary N) is 1. The van der Waals surface area contributed by atoms with Crippen LogP contribution in [0, 0.1) is 5.82 Å². The first-order chi connectivity index (χ1) is 10.3. The Morgan fingerprint density at radius 1 is 1.05 bits per heavy atom. The molecule has 3 rings (SSSR count). The Morgan fingerprint density at radius 2 is 1.76 bits per heavy atom. The summed E-state index contributed by atoms with van der Waals surface area (Å²) in [6.45, 7) is 3.73. The van der Waals surface area contributed by atoms with Crippen LogP contribution in [0.1, 0.15) is 5.82 Å². The molecule has 0 radical (unpaired) electrons. The van der Waals surface area contributed by atoms with Gasteiger partial charge in [0.15, 0.2) is 0 Å². The number of pyridine rings is 1. The van der Waals surface area contributed by atoms with Gasteiger partial charge in [0.2, 0.25) is 0 Å². The molecule has 0 aliphatic heterocycles. The number of aromatic amines is 1. The molecular formula is C17H14FN3. The summed E-state index contributed by atoms with van der Waals surface area (Å²) in [4.78, 5) is 11.9. The molecule has 3 nitrogen and oxygen atoms in total. The van der Waals surface area contributed by atoms with Crippen molar-refractivity contribution in [3.05, 3.63) is 73.1 Å². The van der Waals surface area contributed by atoms with Crippen molar-refractivity contribution in [3.8, 4) is 22.5 Å². The van der Waals surface area contributed by atoms with Crippen molar-refractivity contribution < 1.29 is 4.39 Å². The maximum Gasteiger partial charge on any atom is 0.123 e. The van der Waals surface area contributed by atoms with E-state index in [1.54, 1.807) is 30.6 Å². The highest BCUT2D eigenvalue weighted by molar-refractivity contribution is 5.78. The average Bonchev–Trinajstić information content (AvgIpc) is 2.93. The first-order valence-corrected chi connectivity index (χ1v) is 6.64. The number of hydrogen-bond donors (Lipinski definition) is 1. The van der Waals surface area contributed by atoms with Crippen molar-refractivity contribution in [2.75, 3.05) is 0 Å². The highest BCUT2D eigenvalue weighted by Gasteiger charge is 2.13. The summed E-state index contributed by atoms with van der Waals surface area (Å²) in [5.74, 6) is 0.571. The number of aromatic nitrogens is 3. The van der Waals surface area contributed by atoms with Crippen molar-refractivity contribution in [2.45, 2.75) is 6.42 Å². The summed E-state index contributed by atoms with van der Waals surface area (Å²) in [5, 5.41) is 0. The molecule has 0 amide bonds. The summed E-state index contributed by atoms with van der Waals surface area (Å²) < 4.78 is 13.1. The number of hydrogen-bond acceptors (Lipinski definition) is 2. The van der Waals surface area contributed by atoms with Gasteiger partial charge in [-0.3, -0.25) is 4.98 Å². The standard InChI is InChI=1S/C17H14FN3/c1-2-3-15-20-16(12-4-6-14(18)7-5-12)17(21-15)13-8-10-19-11-9-13/h2,4-11H,1,3H2,(H,20,21). The predicted octanol–water partition coefficient (Wildman–Crippen LogP) is 4.01. The Bertz CT molecular complexity index is 745. The van der Waals surface area contributed by atoms with Gasteiger partial charge in [0.1, 0.15) is 11.6 Å². The van der Waals surface area contributed by atoms with Crippen LogP contribution in [0.4, 0.5) is 4.39 Å². The van der Waals surface area contributed by atoms with Gasteiger partial charge in [0.05, 0.1) is 11.4 Å². The first kappa shape index (κ1) is 13.2. The van der Waals surface area contributed by atoms with Crippen LogP contribution >= 0.6 is 0 Å². The smallest absolute Gasteiger partial charge is 0.123 e. The Hall–Kier alpha value is -2.75. The molecule has 0 unspecified atom stereocenters. The highest BCUT2D eigenvalue weighted by Crippen LogP contribution is 2.30. The van der Waals surface area contributed by atoms with Crippen LogP contribution in [0.5, 0.6) is 0 Å². The second-order valence-corrected chi connectivity index (χ2v) is 4.64. The topological polar surface area (TPSA) is 41.6 Å². The van der Waals surface area contributed by atoms with E-state index in [1.807, 2.05) is 12.1 Å². The summed E-state index contributed by atoms with van der Waals surface area (Å²) in [6.07, 6.45) is 5.92. The molecule has 1 N–H and O–H groups in total. The number of benzene rings is 1. The molecule has 0 bridgehead atoms. The third-order valence-corrected chi connectivity index (χ3v) is 3.18. The van der Waals surface area contributed by atoms with E-state index in [9.17, 15) is 4.39 Å².